The van der Waals surface area contributed by atoms with Crippen molar-refractivity contribution in [3.63, 3.8) is 0 Å². The second kappa shape index (κ2) is 6.08. The van der Waals surface area contributed by atoms with Crippen LogP contribution in [0.1, 0.15) is 45.4 Å². The van der Waals surface area contributed by atoms with Crippen molar-refractivity contribution in [1.29, 1.82) is 0 Å². The van der Waals surface area contributed by atoms with Gasteiger partial charge >= 0.3 is 0 Å². The summed E-state index contributed by atoms with van der Waals surface area (Å²) in [5, 5.41) is 3.10. The molecule has 98 valence electrons. The van der Waals surface area contributed by atoms with Gasteiger partial charge in [0.15, 0.2) is 0 Å². The molecule has 0 aromatic heterocycles. The molecule has 0 radical (unpaired) electrons. The van der Waals surface area contributed by atoms with E-state index in [1.165, 1.54) is 25.7 Å². The van der Waals surface area contributed by atoms with E-state index in [0.717, 1.165) is 37.1 Å². The number of rotatable bonds is 6. The molecule has 1 N–H and O–H groups in total. The number of amides is 1. The largest absolute Gasteiger partial charge is 0.356 e. The van der Waals surface area contributed by atoms with E-state index in [0.29, 0.717) is 17.7 Å². The Kier molecular flexibility index (Phi) is 4.72. The predicted octanol–water partition coefficient (Wildman–Crippen LogP) is 3.19. The second-order valence-corrected chi connectivity index (χ2v) is 6.14. The van der Waals surface area contributed by atoms with Crippen LogP contribution in [0.5, 0.6) is 0 Å². The van der Waals surface area contributed by atoms with Crippen molar-refractivity contribution in [3.05, 3.63) is 0 Å². The smallest absolute Gasteiger partial charge is 0.223 e. The topological polar surface area (TPSA) is 29.1 Å². The summed E-state index contributed by atoms with van der Waals surface area (Å²) in [5.74, 6) is 3.43. The van der Waals surface area contributed by atoms with Crippen LogP contribution >= 0.6 is 11.6 Å². The van der Waals surface area contributed by atoms with Crippen molar-refractivity contribution in [2.75, 3.05) is 12.4 Å². The van der Waals surface area contributed by atoms with Crippen LogP contribution in [0, 0.1) is 23.7 Å². The highest BCUT2D eigenvalue weighted by atomic mass is 35.5. The van der Waals surface area contributed by atoms with E-state index >= 15 is 0 Å². The summed E-state index contributed by atoms with van der Waals surface area (Å²) >= 11 is 5.75. The van der Waals surface area contributed by atoms with Gasteiger partial charge < -0.3 is 5.32 Å². The van der Waals surface area contributed by atoms with Crippen LogP contribution in [-0.4, -0.2) is 18.3 Å². The SMILES string of the molecule is CC(CCl)CCCNC(=O)C1C2CCCCC21. The number of hydrogen-bond acceptors (Lipinski definition) is 1. The van der Waals surface area contributed by atoms with E-state index in [4.69, 9.17) is 11.6 Å². The zero-order valence-corrected chi connectivity index (χ0v) is 11.5. The van der Waals surface area contributed by atoms with Crippen LogP contribution in [0.25, 0.3) is 0 Å². The minimum absolute atomic E-state index is 0.320. The molecule has 0 aromatic rings. The lowest BCUT2D eigenvalue weighted by atomic mass is 10.0. The molecule has 17 heavy (non-hydrogen) atoms. The molecule has 0 bridgehead atoms. The molecule has 2 aliphatic carbocycles. The van der Waals surface area contributed by atoms with Gasteiger partial charge in [0.25, 0.3) is 0 Å². The van der Waals surface area contributed by atoms with Crippen molar-refractivity contribution < 1.29 is 4.79 Å². The van der Waals surface area contributed by atoms with E-state index in [1.54, 1.807) is 0 Å². The van der Waals surface area contributed by atoms with Gasteiger partial charge in [-0.25, -0.2) is 0 Å². The van der Waals surface area contributed by atoms with Gasteiger partial charge in [-0.05, 0) is 43.4 Å². The maximum absolute atomic E-state index is 11.9. The first-order valence-corrected chi connectivity index (χ1v) is 7.61. The minimum Gasteiger partial charge on any atom is -0.356 e. The highest BCUT2D eigenvalue weighted by Gasteiger charge is 2.54. The van der Waals surface area contributed by atoms with Crippen LogP contribution in [0.4, 0.5) is 0 Å². The second-order valence-electron chi connectivity index (χ2n) is 5.83. The molecule has 0 heterocycles. The van der Waals surface area contributed by atoms with E-state index in [-0.39, 0.29) is 0 Å². The fourth-order valence-corrected chi connectivity index (χ4v) is 3.39. The average molecular weight is 258 g/mol. The number of carbonyl (C=O) groups is 1. The van der Waals surface area contributed by atoms with Gasteiger partial charge in [0.2, 0.25) is 5.91 Å². The summed E-state index contributed by atoms with van der Waals surface area (Å²) in [4.78, 5) is 11.9. The Balaban J connectivity index is 1.59. The Morgan fingerprint density at radius 1 is 1.35 bits per heavy atom. The summed E-state index contributed by atoms with van der Waals surface area (Å²) in [7, 11) is 0. The molecule has 2 rings (SSSR count). The molecule has 2 aliphatic rings. The van der Waals surface area contributed by atoms with Gasteiger partial charge in [0.1, 0.15) is 0 Å². The van der Waals surface area contributed by atoms with Crippen LogP contribution in [0.15, 0.2) is 0 Å². The van der Waals surface area contributed by atoms with E-state index in [2.05, 4.69) is 12.2 Å². The lowest BCUT2D eigenvalue weighted by Crippen LogP contribution is -2.27. The first kappa shape index (κ1) is 13.2. The van der Waals surface area contributed by atoms with E-state index in [9.17, 15) is 4.79 Å². The first-order valence-electron chi connectivity index (χ1n) is 7.07. The lowest BCUT2D eigenvalue weighted by Gasteiger charge is -2.08. The number of carbonyl (C=O) groups excluding carboxylic acids is 1. The monoisotopic (exact) mass is 257 g/mol. The molecule has 0 spiro atoms. The van der Waals surface area contributed by atoms with Crippen LogP contribution in [0.2, 0.25) is 0 Å². The Labute approximate surface area is 109 Å². The number of alkyl halides is 1. The standard InChI is InChI=1S/C14H24ClNO/c1-10(9-15)5-4-8-16-14(17)13-11-6-2-3-7-12(11)13/h10-13H,2-9H2,1H3,(H,16,17). The molecule has 2 saturated carbocycles. The van der Waals surface area contributed by atoms with Crippen molar-refractivity contribution >= 4 is 17.5 Å². The molecule has 2 fully saturated rings. The Bertz CT molecular complexity index is 257. The van der Waals surface area contributed by atoms with Crippen LogP contribution in [-0.2, 0) is 4.79 Å². The van der Waals surface area contributed by atoms with Gasteiger partial charge in [-0.1, -0.05) is 19.8 Å². The third-order valence-corrected chi connectivity index (χ3v) is 4.92. The quantitative estimate of drug-likeness (QED) is 0.575. The molecule has 1 amide bonds. The molecule has 3 atom stereocenters. The normalized spacial score (nSPS) is 32.7. The zero-order chi connectivity index (χ0) is 12.3. The summed E-state index contributed by atoms with van der Waals surface area (Å²) in [5.41, 5.74) is 0. The maximum Gasteiger partial charge on any atom is 0.223 e. The number of hydrogen-bond donors (Lipinski definition) is 1. The van der Waals surface area contributed by atoms with Gasteiger partial charge in [-0.2, -0.15) is 0 Å². The van der Waals surface area contributed by atoms with Gasteiger partial charge in [-0.3, -0.25) is 4.79 Å². The number of fused-ring (bicyclic) bond motifs is 1. The molecule has 3 unspecified atom stereocenters. The minimum atomic E-state index is 0.320. The number of halogens is 1. The van der Waals surface area contributed by atoms with Crippen LogP contribution < -0.4 is 5.32 Å². The van der Waals surface area contributed by atoms with E-state index in [1.807, 2.05) is 0 Å². The number of nitrogens with one attached hydrogen (secondary N) is 1. The lowest BCUT2D eigenvalue weighted by molar-refractivity contribution is -0.122. The van der Waals surface area contributed by atoms with Gasteiger partial charge in [0, 0.05) is 18.3 Å². The fourth-order valence-electron chi connectivity index (χ4n) is 3.24. The highest BCUT2D eigenvalue weighted by Crippen LogP contribution is 2.55. The molecule has 3 heteroatoms. The highest BCUT2D eigenvalue weighted by molar-refractivity contribution is 6.18. The van der Waals surface area contributed by atoms with E-state index < -0.39 is 0 Å². The Morgan fingerprint density at radius 2 is 2.00 bits per heavy atom. The molecular formula is C14H24ClNO. The van der Waals surface area contributed by atoms with Gasteiger partial charge in [0.05, 0.1) is 0 Å². The Morgan fingerprint density at radius 3 is 2.59 bits per heavy atom. The molecule has 2 nitrogen and oxygen atoms in total. The molecule has 0 aliphatic heterocycles. The Hall–Kier alpha value is -0.240. The van der Waals surface area contributed by atoms with Crippen molar-refractivity contribution in [2.45, 2.75) is 45.4 Å². The van der Waals surface area contributed by atoms with Crippen LogP contribution in [0.3, 0.4) is 0 Å². The third kappa shape index (κ3) is 3.37. The predicted molar refractivity (Wildman–Crippen MR) is 71.1 cm³/mol. The average Bonchev–Trinajstić information content (AvgIpc) is 3.08. The molecule has 0 aromatic carbocycles. The fraction of sp³-hybridized carbons (Fsp3) is 0.929. The molecular weight excluding hydrogens is 234 g/mol. The summed E-state index contributed by atoms with van der Waals surface area (Å²) < 4.78 is 0. The zero-order valence-electron chi connectivity index (χ0n) is 10.8. The third-order valence-electron chi connectivity index (χ3n) is 4.40. The van der Waals surface area contributed by atoms with Crippen molar-refractivity contribution in [3.8, 4) is 0 Å². The molecule has 0 saturated heterocycles. The maximum atomic E-state index is 11.9. The summed E-state index contributed by atoms with van der Waals surface area (Å²) in [6, 6.07) is 0. The van der Waals surface area contributed by atoms with Gasteiger partial charge in [-0.15, -0.1) is 11.6 Å². The summed E-state index contributed by atoms with van der Waals surface area (Å²) in [6.07, 6.45) is 7.40. The first-order chi connectivity index (χ1) is 8.24. The summed E-state index contributed by atoms with van der Waals surface area (Å²) in [6.45, 7) is 2.99. The van der Waals surface area contributed by atoms with Crippen molar-refractivity contribution in [1.82, 2.24) is 5.32 Å². The van der Waals surface area contributed by atoms with Crippen molar-refractivity contribution in [2.24, 2.45) is 23.7 Å².